The molecule has 0 N–H and O–H groups in total. The van der Waals surface area contributed by atoms with Crippen molar-refractivity contribution in [3.05, 3.63) is 0 Å². The van der Waals surface area contributed by atoms with Crippen LogP contribution in [0.2, 0.25) is 36.3 Å². The first-order valence-electron chi connectivity index (χ1n) is 14.6. The molecule has 1 aliphatic heterocycles. The van der Waals surface area contributed by atoms with Crippen molar-refractivity contribution < 1.29 is 16.8 Å². The first kappa shape index (κ1) is 32.4. The van der Waals surface area contributed by atoms with Gasteiger partial charge in [0.15, 0.2) is 28.1 Å². The lowest BCUT2D eigenvalue weighted by atomic mass is 10.4. The van der Waals surface area contributed by atoms with Gasteiger partial charge in [0.2, 0.25) is 0 Å². The Balaban J connectivity index is 3.63. The van der Waals surface area contributed by atoms with Crippen molar-refractivity contribution in [1.82, 2.24) is 0 Å². The van der Waals surface area contributed by atoms with Crippen LogP contribution < -0.4 is 0 Å². The van der Waals surface area contributed by atoms with Gasteiger partial charge >= 0.3 is 0 Å². The van der Waals surface area contributed by atoms with E-state index in [1.54, 1.807) is 0 Å². The van der Waals surface area contributed by atoms with Gasteiger partial charge in [0, 0.05) is 0 Å². The maximum Gasteiger partial charge on any atom is 0.178 e. The molecular formula is C26H56O4S2Si2. The minimum Gasteiger partial charge on any atom is -0.227 e. The van der Waals surface area contributed by atoms with E-state index in [0.717, 1.165) is 113 Å². The first-order chi connectivity index (χ1) is 16.1. The zero-order chi connectivity index (χ0) is 25.9. The van der Waals surface area contributed by atoms with E-state index in [0.29, 0.717) is 0 Å². The summed E-state index contributed by atoms with van der Waals surface area (Å²) in [5.41, 5.74) is 0. The van der Waals surface area contributed by atoms with E-state index in [4.69, 9.17) is 0 Å². The molecule has 0 bridgehead atoms. The molecular weight excluding hydrogens is 497 g/mol. The van der Waals surface area contributed by atoms with E-state index < -0.39 is 44.2 Å². The van der Waals surface area contributed by atoms with Crippen molar-refractivity contribution in [2.75, 3.05) is 0 Å². The van der Waals surface area contributed by atoms with E-state index in [1.807, 2.05) is 0 Å². The van der Waals surface area contributed by atoms with Gasteiger partial charge in [-0.2, -0.15) is 0 Å². The maximum atomic E-state index is 14.3. The minimum absolute atomic E-state index is 0.868. The van der Waals surface area contributed by atoms with Crippen LogP contribution in [-0.2, 0) is 19.7 Å². The zero-order valence-corrected chi connectivity index (χ0v) is 27.0. The van der Waals surface area contributed by atoms with Gasteiger partial charge in [-0.15, -0.1) is 0 Å². The molecule has 0 aliphatic carbocycles. The Bertz CT molecular complexity index is 651. The Morgan fingerprint density at radius 2 is 0.588 bits per heavy atom. The van der Waals surface area contributed by atoms with Crippen molar-refractivity contribution >= 4 is 35.8 Å². The summed E-state index contributed by atoms with van der Waals surface area (Å²) in [5.74, 6) is 0. The highest BCUT2D eigenvalue weighted by Crippen LogP contribution is 2.52. The molecule has 0 saturated carbocycles. The Labute approximate surface area is 215 Å². The summed E-state index contributed by atoms with van der Waals surface area (Å²) in [6, 6.07) is 5.21. The van der Waals surface area contributed by atoms with Gasteiger partial charge in [-0.25, -0.2) is 16.8 Å². The standard InChI is InChI=1S/C26H56O4S2Si2/c1-7-13-19-33(20-14-8-2,21-15-9-3)25-31(27,28)26(32(25,29)30)34(22-16-10-4,23-17-11-5)24-18-12-6/h25-26H,7-24H2,1-6H3. The Kier molecular flexibility index (Phi) is 14.2. The van der Waals surface area contributed by atoms with Crippen LogP contribution in [0.1, 0.15) is 119 Å². The maximum absolute atomic E-state index is 14.3. The van der Waals surface area contributed by atoms with E-state index >= 15 is 0 Å². The smallest absolute Gasteiger partial charge is 0.178 e. The summed E-state index contributed by atoms with van der Waals surface area (Å²) in [7, 11) is -12.3. The van der Waals surface area contributed by atoms with Gasteiger partial charge < -0.3 is 0 Å². The van der Waals surface area contributed by atoms with Crippen LogP contribution in [0.15, 0.2) is 0 Å². The fourth-order valence-electron chi connectivity index (χ4n) is 6.57. The van der Waals surface area contributed by atoms with Crippen molar-refractivity contribution in [2.24, 2.45) is 0 Å². The Morgan fingerprint density at radius 1 is 0.412 bits per heavy atom. The second-order valence-corrected chi connectivity index (χ2v) is 27.3. The molecule has 34 heavy (non-hydrogen) atoms. The van der Waals surface area contributed by atoms with E-state index in [1.165, 1.54) is 0 Å². The molecule has 204 valence electrons. The minimum atomic E-state index is -3.63. The van der Waals surface area contributed by atoms with Gasteiger partial charge in [-0.3, -0.25) is 0 Å². The van der Waals surface area contributed by atoms with Crippen LogP contribution in [-0.4, -0.2) is 41.4 Å². The molecule has 8 heteroatoms. The van der Waals surface area contributed by atoms with Gasteiger partial charge in [0.1, 0.15) is 0 Å². The summed E-state index contributed by atoms with van der Waals surface area (Å²) in [5, 5.41) is 0. The van der Waals surface area contributed by atoms with Crippen molar-refractivity contribution in [2.45, 2.75) is 163 Å². The quantitative estimate of drug-likeness (QED) is 0.143. The van der Waals surface area contributed by atoms with Crippen molar-refractivity contribution in [1.29, 1.82) is 0 Å². The normalized spacial score (nSPS) is 21.9. The molecule has 0 spiro atoms. The topological polar surface area (TPSA) is 68.3 Å². The Hall–Kier alpha value is 0.334. The average molecular weight is 553 g/mol. The van der Waals surface area contributed by atoms with Gasteiger partial charge in [0.05, 0.1) is 16.1 Å². The van der Waals surface area contributed by atoms with Crippen LogP contribution in [0, 0.1) is 0 Å². The number of sulfone groups is 2. The van der Waals surface area contributed by atoms with Crippen molar-refractivity contribution in [3.8, 4) is 0 Å². The van der Waals surface area contributed by atoms with E-state index in [-0.39, 0.29) is 0 Å². The monoisotopic (exact) mass is 552 g/mol. The summed E-state index contributed by atoms with van der Waals surface area (Å²) in [4.78, 5) is 0. The Morgan fingerprint density at radius 3 is 0.735 bits per heavy atom. The third-order valence-corrected chi connectivity index (χ3v) is 34.0. The molecule has 1 rings (SSSR count). The van der Waals surface area contributed by atoms with E-state index in [9.17, 15) is 16.8 Å². The molecule has 1 fully saturated rings. The lowest BCUT2D eigenvalue weighted by Crippen LogP contribution is -2.75. The summed E-state index contributed by atoms with van der Waals surface area (Å²) < 4.78 is 55.3. The fourth-order valence-corrected chi connectivity index (χ4v) is 38.8. The predicted octanol–water partition coefficient (Wildman–Crippen LogP) is 8.26. The molecule has 0 amide bonds. The third-order valence-electron chi connectivity index (χ3n) is 8.36. The molecule has 0 aromatic rings. The molecule has 1 aliphatic rings. The van der Waals surface area contributed by atoms with Crippen LogP contribution in [0.4, 0.5) is 0 Å². The summed E-state index contributed by atoms with van der Waals surface area (Å²) in [6.07, 6.45) is 11.8. The SMILES string of the molecule is CCCC[Si](CCCC)(CCCC)C1S(=O)(=O)C([Si](CCCC)(CCCC)CCCC)S1(=O)=O. The lowest BCUT2D eigenvalue weighted by Gasteiger charge is -2.52. The molecule has 0 atom stereocenters. The zero-order valence-electron chi connectivity index (χ0n) is 23.3. The van der Waals surface area contributed by atoms with Gasteiger partial charge in [-0.1, -0.05) is 155 Å². The van der Waals surface area contributed by atoms with Crippen LogP contribution >= 0.6 is 0 Å². The third kappa shape index (κ3) is 7.21. The highest BCUT2D eigenvalue weighted by atomic mass is 32.3. The molecule has 4 nitrogen and oxygen atoms in total. The van der Waals surface area contributed by atoms with Crippen LogP contribution in [0.3, 0.4) is 0 Å². The average Bonchev–Trinajstić information content (AvgIpc) is 2.79. The molecule has 0 unspecified atom stereocenters. The van der Waals surface area contributed by atoms with Crippen LogP contribution in [0.5, 0.6) is 0 Å². The highest BCUT2D eigenvalue weighted by Gasteiger charge is 2.73. The first-order valence-corrected chi connectivity index (χ1v) is 23.2. The summed E-state index contributed by atoms with van der Waals surface area (Å²) >= 11 is 0. The van der Waals surface area contributed by atoms with Gasteiger partial charge in [0.25, 0.3) is 0 Å². The molecule has 0 aromatic carbocycles. The van der Waals surface area contributed by atoms with Crippen molar-refractivity contribution in [3.63, 3.8) is 0 Å². The number of hydrogen-bond acceptors (Lipinski definition) is 4. The molecule has 1 saturated heterocycles. The molecule has 0 radical (unpaired) electrons. The largest absolute Gasteiger partial charge is 0.227 e. The second kappa shape index (κ2) is 14.9. The van der Waals surface area contributed by atoms with E-state index in [2.05, 4.69) is 41.5 Å². The van der Waals surface area contributed by atoms with Crippen LogP contribution in [0.25, 0.3) is 0 Å². The number of hydrogen-bond donors (Lipinski definition) is 0. The summed E-state index contributed by atoms with van der Waals surface area (Å²) in [6.45, 7) is 12.9. The molecule has 1 heterocycles. The number of unbranched alkanes of at least 4 members (excludes halogenated alkanes) is 6. The molecule has 0 aromatic heterocycles. The highest BCUT2D eigenvalue weighted by molar-refractivity contribution is 8.29. The van der Waals surface area contributed by atoms with Gasteiger partial charge in [-0.05, 0) is 0 Å². The second-order valence-electron chi connectivity index (χ2n) is 11.2. The predicted molar refractivity (Wildman–Crippen MR) is 155 cm³/mol. The lowest BCUT2D eigenvalue weighted by molar-refractivity contribution is 0.564. The number of rotatable bonds is 20. The fraction of sp³-hybridized carbons (Fsp3) is 1.00.